The Morgan fingerprint density at radius 2 is 1.38 bits per heavy atom. The number of hydrogen-bond acceptors (Lipinski definition) is 3. The van der Waals surface area contributed by atoms with Gasteiger partial charge in [-0.15, -0.1) is 0 Å². The van der Waals surface area contributed by atoms with E-state index in [1.54, 1.807) is 0 Å². The van der Waals surface area contributed by atoms with Crippen molar-refractivity contribution in [2.24, 2.45) is 0 Å². The highest BCUT2D eigenvalue weighted by Gasteiger charge is 2.33. The van der Waals surface area contributed by atoms with Crippen molar-refractivity contribution in [1.29, 1.82) is 0 Å². The summed E-state index contributed by atoms with van der Waals surface area (Å²) in [4.78, 5) is 33.0. The summed E-state index contributed by atoms with van der Waals surface area (Å²) in [6.45, 7) is 2.70. The van der Waals surface area contributed by atoms with Gasteiger partial charge in [0.15, 0.2) is 0 Å². The van der Waals surface area contributed by atoms with Crippen molar-refractivity contribution in [3.8, 4) is 28.3 Å². The Bertz CT molecular complexity index is 2480. The summed E-state index contributed by atoms with van der Waals surface area (Å²) in [5.74, 6) is 0.343. The van der Waals surface area contributed by atoms with Crippen molar-refractivity contribution in [2.75, 3.05) is 0 Å². The van der Waals surface area contributed by atoms with Gasteiger partial charge in [-0.25, -0.2) is 9.36 Å². The molecule has 0 fully saturated rings. The lowest BCUT2D eigenvalue weighted by atomic mass is 9.96. The second kappa shape index (κ2) is 10.7. The number of fused-ring (bicyclic) bond motifs is 5. The molecule has 2 aliphatic rings. The van der Waals surface area contributed by atoms with Crippen LogP contribution in [0.4, 0.5) is 0 Å². The van der Waals surface area contributed by atoms with E-state index >= 15 is 0 Å². The molecule has 0 radical (unpaired) electrons. The summed E-state index contributed by atoms with van der Waals surface area (Å²) in [5.41, 5.74) is 5.10. The van der Waals surface area contributed by atoms with Crippen molar-refractivity contribution in [3.63, 3.8) is 0 Å². The van der Waals surface area contributed by atoms with Crippen LogP contribution in [0.25, 0.3) is 60.9 Å². The molecule has 6 heteroatoms. The number of aromatic nitrogens is 4. The van der Waals surface area contributed by atoms with Crippen LogP contribution in [0.2, 0.25) is 0 Å². The van der Waals surface area contributed by atoms with Crippen LogP contribution in [0.5, 0.6) is 0 Å². The van der Waals surface area contributed by atoms with Gasteiger partial charge in [0.1, 0.15) is 12.1 Å². The Morgan fingerprint density at radius 1 is 0.689 bits per heavy atom. The minimum absolute atomic E-state index is 0.146. The topological polar surface area (TPSA) is 60.8 Å². The highest BCUT2D eigenvalue weighted by atomic mass is 16.2. The standard InChI is InChI=1S/C39H29N4O2/c1-2-41-33-24-23-28-17-9-10-20-31(28)35(33)43(37-36(41)38(44)42(39(45)40-37)25-26-13-5-3-6-14-26)32-22-12-19-29-18-11-21-30(34(29)32)27-15-7-4-8-16-27/h3-24H,2,25H2,1H3/q+1. The first kappa shape index (κ1) is 26.7. The Morgan fingerprint density at radius 3 is 2.16 bits per heavy atom. The minimum atomic E-state index is -0.573. The van der Waals surface area contributed by atoms with Crippen molar-refractivity contribution < 1.29 is 4.57 Å². The average Bonchev–Trinajstić information content (AvgIpc) is 3.09. The predicted molar refractivity (Wildman–Crippen MR) is 180 cm³/mol. The van der Waals surface area contributed by atoms with Crippen LogP contribution in [0.15, 0.2) is 143 Å². The van der Waals surface area contributed by atoms with E-state index in [1.165, 1.54) is 4.57 Å². The van der Waals surface area contributed by atoms with Gasteiger partial charge < -0.3 is 0 Å². The quantitative estimate of drug-likeness (QED) is 0.124. The van der Waals surface area contributed by atoms with E-state index in [1.807, 2.05) is 82.8 Å². The van der Waals surface area contributed by atoms with E-state index in [2.05, 4.69) is 66.7 Å². The molecule has 216 valence electrons. The van der Waals surface area contributed by atoms with Gasteiger partial charge in [0.05, 0.1) is 12.2 Å². The molecule has 0 amide bonds. The first-order valence-corrected chi connectivity index (χ1v) is 15.2. The van der Waals surface area contributed by atoms with Crippen LogP contribution in [0.1, 0.15) is 12.5 Å². The number of rotatable bonds is 5. The van der Waals surface area contributed by atoms with Gasteiger partial charge >= 0.3 is 16.9 Å². The predicted octanol–water partition coefficient (Wildman–Crippen LogP) is 6.98. The maximum absolute atomic E-state index is 14.5. The summed E-state index contributed by atoms with van der Waals surface area (Å²) in [6.07, 6.45) is 0. The maximum Gasteiger partial charge on any atom is 0.353 e. The van der Waals surface area contributed by atoms with Gasteiger partial charge in [0.25, 0.3) is 0 Å². The third-order valence-electron chi connectivity index (χ3n) is 8.68. The average molecular weight is 586 g/mol. The van der Waals surface area contributed by atoms with E-state index in [0.717, 1.165) is 55.0 Å². The molecule has 0 bridgehead atoms. The lowest BCUT2D eigenvalue weighted by Gasteiger charge is -2.21. The summed E-state index contributed by atoms with van der Waals surface area (Å²) in [6, 6.07) is 44.7. The van der Waals surface area contributed by atoms with Gasteiger partial charge in [-0.3, -0.25) is 9.36 Å². The molecular formula is C39H29N4O2+. The molecule has 0 spiro atoms. The van der Waals surface area contributed by atoms with Gasteiger partial charge in [-0.05, 0) is 46.5 Å². The first-order chi connectivity index (χ1) is 22.1. The van der Waals surface area contributed by atoms with Crippen LogP contribution in [0, 0.1) is 0 Å². The van der Waals surface area contributed by atoms with Crippen molar-refractivity contribution in [1.82, 2.24) is 14.1 Å². The third kappa shape index (κ3) is 4.25. The number of nitrogens with zero attached hydrogens (tertiary/aromatic N) is 4. The molecule has 0 aromatic heterocycles. The summed E-state index contributed by atoms with van der Waals surface area (Å²) < 4.78 is 5.30. The van der Waals surface area contributed by atoms with Gasteiger partial charge in [0, 0.05) is 16.8 Å². The fourth-order valence-corrected chi connectivity index (χ4v) is 6.66. The summed E-state index contributed by atoms with van der Waals surface area (Å²) >= 11 is 0. The van der Waals surface area contributed by atoms with Crippen LogP contribution in [-0.2, 0) is 13.1 Å². The Kier molecular flexibility index (Phi) is 6.34. The molecule has 0 aliphatic carbocycles. The molecular weight excluding hydrogens is 556 g/mol. The normalized spacial score (nSPS) is 11.6. The SMILES string of the molecule is CC[n+]1c2c(=O)n(Cc3ccccc3)c(=O)nc-2n(-c2cccc3cccc(-c4ccccc4)c23)c2c3ccccc3ccc21. The molecule has 0 saturated heterocycles. The zero-order valence-electron chi connectivity index (χ0n) is 24.7. The molecule has 6 aromatic carbocycles. The molecule has 0 N–H and O–H groups in total. The fourth-order valence-electron chi connectivity index (χ4n) is 6.66. The van der Waals surface area contributed by atoms with Crippen molar-refractivity contribution in [3.05, 3.63) is 160 Å². The lowest BCUT2D eigenvalue weighted by Crippen LogP contribution is -2.49. The second-order valence-corrected chi connectivity index (χ2v) is 11.2. The Labute approximate surface area is 259 Å². The van der Waals surface area contributed by atoms with Crippen LogP contribution in [-0.4, -0.2) is 14.1 Å². The van der Waals surface area contributed by atoms with E-state index in [0.29, 0.717) is 18.1 Å². The second-order valence-electron chi connectivity index (χ2n) is 11.2. The smallest absolute Gasteiger partial charge is 0.282 e. The minimum Gasteiger partial charge on any atom is -0.282 e. The van der Waals surface area contributed by atoms with E-state index in [-0.39, 0.29) is 12.1 Å². The first-order valence-electron chi connectivity index (χ1n) is 15.2. The summed E-state index contributed by atoms with van der Waals surface area (Å²) in [5, 5.41) is 4.14. The van der Waals surface area contributed by atoms with E-state index < -0.39 is 5.69 Å². The van der Waals surface area contributed by atoms with E-state index in [4.69, 9.17) is 4.98 Å². The number of aryl methyl sites for hydroxylation is 1. The Balaban J connectivity index is 1.59. The zero-order chi connectivity index (χ0) is 30.5. The molecule has 0 saturated carbocycles. The number of benzene rings is 6. The highest BCUT2D eigenvalue weighted by Crippen LogP contribution is 2.37. The highest BCUT2D eigenvalue weighted by molar-refractivity contribution is 6.08. The van der Waals surface area contributed by atoms with E-state index in [9.17, 15) is 9.59 Å². The molecule has 6 aromatic rings. The van der Waals surface area contributed by atoms with Crippen molar-refractivity contribution >= 4 is 32.6 Å². The third-order valence-corrected chi connectivity index (χ3v) is 8.68. The zero-order valence-corrected chi connectivity index (χ0v) is 24.7. The summed E-state index contributed by atoms with van der Waals surface area (Å²) in [7, 11) is 0. The maximum atomic E-state index is 14.5. The fraction of sp³-hybridized carbons (Fsp3) is 0.0769. The van der Waals surface area contributed by atoms with Gasteiger partial charge in [0.2, 0.25) is 11.3 Å². The lowest BCUT2D eigenvalue weighted by molar-refractivity contribution is -0.658. The van der Waals surface area contributed by atoms with Gasteiger partial charge in [-0.1, -0.05) is 115 Å². The van der Waals surface area contributed by atoms with Gasteiger partial charge in [-0.2, -0.15) is 9.55 Å². The monoisotopic (exact) mass is 585 g/mol. The van der Waals surface area contributed by atoms with Crippen LogP contribution < -0.4 is 15.8 Å². The molecule has 0 atom stereocenters. The molecule has 2 heterocycles. The molecule has 0 unspecified atom stereocenters. The largest absolute Gasteiger partial charge is 0.353 e. The van der Waals surface area contributed by atoms with Crippen LogP contribution >= 0.6 is 0 Å². The van der Waals surface area contributed by atoms with Crippen molar-refractivity contribution in [2.45, 2.75) is 20.0 Å². The Hall–Kier alpha value is -5.88. The molecule has 2 aliphatic heterocycles. The molecule has 45 heavy (non-hydrogen) atoms. The van der Waals surface area contributed by atoms with Crippen LogP contribution in [0.3, 0.4) is 0 Å². The molecule has 8 rings (SSSR count). The number of hydrogen-bond donors (Lipinski definition) is 0. The molecule has 6 nitrogen and oxygen atoms in total.